The molecular formula is C12H18F3N5. The topological polar surface area (TPSA) is 67.1 Å². The molecule has 0 aliphatic heterocycles. The molecule has 1 aromatic heterocycles. The fourth-order valence-corrected chi connectivity index (χ4v) is 1.98. The van der Waals surface area contributed by atoms with Crippen LogP contribution in [0.1, 0.15) is 38.4 Å². The average molecular weight is 289 g/mol. The van der Waals surface area contributed by atoms with Crippen LogP contribution in [-0.2, 0) is 6.18 Å². The van der Waals surface area contributed by atoms with Gasteiger partial charge in [-0.3, -0.25) is 0 Å². The highest BCUT2D eigenvalue weighted by molar-refractivity contribution is 5.50. The van der Waals surface area contributed by atoms with E-state index < -0.39 is 12.0 Å². The molecule has 20 heavy (non-hydrogen) atoms. The Morgan fingerprint density at radius 1 is 1.40 bits per heavy atom. The van der Waals surface area contributed by atoms with Crippen molar-refractivity contribution in [1.82, 2.24) is 9.97 Å². The van der Waals surface area contributed by atoms with Crippen LogP contribution >= 0.6 is 0 Å². The van der Waals surface area contributed by atoms with Gasteiger partial charge in [-0.15, -0.1) is 0 Å². The molecule has 0 radical (unpaired) electrons. The highest BCUT2D eigenvalue weighted by Gasteiger charge is 2.37. The molecule has 1 heterocycles. The summed E-state index contributed by atoms with van der Waals surface area (Å²) in [5, 5.41) is 0. The highest BCUT2D eigenvalue weighted by Crippen LogP contribution is 2.34. The van der Waals surface area contributed by atoms with Crippen LogP contribution in [0.2, 0.25) is 0 Å². The third-order valence-electron chi connectivity index (χ3n) is 3.15. The maximum atomic E-state index is 12.8. The van der Waals surface area contributed by atoms with Crippen molar-refractivity contribution in [3.63, 3.8) is 0 Å². The maximum Gasteiger partial charge on any atom is 0.451 e. The number of alkyl halides is 3. The average Bonchev–Trinajstić information content (AvgIpc) is 3.22. The van der Waals surface area contributed by atoms with Crippen molar-refractivity contribution in [1.29, 1.82) is 0 Å². The smallest absolute Gasteiger partial charge is 0.353 e. The summed E-state index contributed by atoms with van der Waals surface area (Å²) in [7, 11) is 0. The van der Waals surface area contributed by atoms with Crippen LogP contribution in [-0.4, -0.2) is 22.6 Å². The number of nitrogens with two attached hydrogens (primary N) is 1. The van der Waals surface area contributed by atoms with Crippen molar-refractivity contribution in [2.45, 2.75) is 44.8 Å². The molecule has 1 saturated carbocycles. The Hall–Kier alpha value is -1.57. The molecule has 1 aromatic rings. The zero-order chi connectivity index (χ0) is 14.8. The van der Waals surface area contributed by atoms with Gasteiger partial charge in [0.1, 0.15) is 11.6 Å². The van der Waals surface area contributed by atoms with Crippen molar-refractivity contribution in [2.75, 3.05) is 16.9 Å². The number of aromatic nitrogens is 2. The van der Waals surface area contributed by atoms with Gasteiger partial charge < -0.3 is 10.3 Å². The Morgan fingerprint density at radius 3 is 2.60 bits per heavy atom. The second-order valence-electron chi connectivity index (χ2n) is 4.86. The van der Waals surface area contributed by atoms with Crippen molar-refractivity contribution in [3.8, 4) is 0 Å². The molecule has 8 heteroatoms. The molecule has 1 fully saturated rings. The monoisotopic (exact) mass is 289 g/mol. The summed E-state index contributed by atoms with van der Waals surface area (Å²) in [5.74, 6) is 4.30. The molecule has 0 saturated heterocycles. The lowest BCUT2D eigenvalue weighted by Gasteiger charge is -2.24. The fraction of sp³-hybridized carbons (Fsp3) is 0.667. The number of anilines is 2. The molecule has 0 unspecified atom stereocenters. The number of hydrogen-bond donors (Lipinski definition) is 2. The minimum absolute atomic E-state index is 0.0236. The van der Waals surface area contributed by atoms with E-state index in [9.17, 15) is 13.2 Å². The van der Waals surface area contributed by atoms with Crippen LogP contribution in [0.15, 0.2) is 6.07 Å². The number of unbranched alkanes of at least 4 members (excludes halogenated alkanes) is 1. The molecular weight excluding hydrogens is 271 g/mol. The first kappa shape index (κ1) is 14.8. The summed E-state index contributed by atoms with van der Waals surface area (Å²) >= 11 is 0. The van der Waals surface area contributed by atoms with Gasteiger partial charge in [0.05, 0.1) is 0 Å². The first-order chi connectivity index (χ1) is 9.45. The Balaban J connectivity index is 2.32. The Labute approximate surface area is 115 Å². The molecule has 112 valence electrons. The minimum Gasteiger partial charge on any atom is -0.353 e. The number of nitrogens with zero attached hydrogens (tertiary/aromatic N) is 3. The fourth-order valence-electron chi connectivity index (χ4n) is 1.98. The summed E-state index contributed by atoms with van der Waals surface area (Å²) in [4.78, 5) is 8.95. The lowest BCUT2D eigenvalue weighted by Crippen LogP contribution is -2.29. The molecule has 0 aromatic carbocycles. The van der Waals surface area contributed by atoms with Crippen molar-refractivity contribution >= 4 is 11.6 Å². The molecule has 1 aliphatic rings. The molecule has 2 rings (SSSR count). The molecule has 5 nitrogen and oxygen atoms in total. The Kier molecular flexibility index (Phi) is 4.32. The van der Waals surface area contributed by atoms with Gasteiger partial charge in [-0.05, 0) is 19.3 Å². The van der Waals surface area contributed by atoms with E-state index in [-0.39, 0.29) is 17.7 Å². The van der Waals surface area contributed by atoms with Crippen LogP contribution < -0.4 is 16.2 Å². The van der Waals surface area contributed by atoms with Crippen molar-refractivity contribution in [3.05, 3.63) is 11.9 Å². The van der Waals surface area contributed by atoms with E-state index in [1.807, 2.05) is 11.8 Å². The van der Waals surface area contributed by atoms with Gasteiger partial charge in [0, 0.05) is 18.7 Å². The number of halogens is 3. The Morgan fingerprint density at radius 2 is 2.10 bits per heavy atom. The summed E-state index contributed by atoms with van der Waals surface area (Å²) in [5.41, 5.74) is 2.17. The molecule has 0 bridgehead atoms. The van der Waals surface area contributed by atoms with Gasteiger partial charge in [-0.2, -0.15) is 13.2 Å². The van der Waals surface area contributed by atoms with Crippen LogP contribution in [0.25, 0.3) is 0 Å². The molecule has 0 amide bonds. The molecule has 0 spiro atoms. The number of hydrogen-bond acceptors (Lipinski definition) is 5. The maximum absolute atomic E-state index is 12.8. The van der Waals surface area contributed by atoms with Gasteiger partial charge in [0.2, 0.25) is 5.82 Å². The summed E-state index contributed by atoms with van der Waals surface area (Å²) in [6.07, 6.45) is -0.724. The van der Waals surface area contributed by atoms with Crippen LogP contribution in [0.5, 0.6) is 0 Å². The van der Waals surface area contributed by atoms with Gasteiger partial charge >= 0.3 is 6.18 Å². The van der Waals surface area contributed by atoms with E-state index in [4.69, 9.17) is 5.84 Å². The first-order valence-corrected chi connectivity index (χ1v) is 6.65. The SMILES string of the molecule is CCCCN(c1cc(NN)nc(C(F)(F)F)n1)C1CC1. The second kappa shape index (κ2) is 5.82. The third kappa shape index (κ3) is 3.50. The molecule has 3 N–H and O–H groups in total. The summed E-state index contributed by atoms with van der Waals surface area (Å²) in [6, 6.07) is 1.74. The zero-order valence-corrected chi connectivity index (χ0v) is 11.2. The van der Waals surface area contributed by atoms with E-state index in [0.29, 0.717) is 6.54 Å². The van der Waals surface area contributed by atoms with Gasteiger partial charge in [-0.25, -0.2) is 15.8 Å². The van der Waals surface area contributed by atoms with Gasteiger partial charge in [0.25, 0.3) is 0 Å². The van der Waals surface area contributed by atoms with Crippen LogP contribution in [0, 0.1) is 0 Å². The van der Waals surface area contributed by atoms with Gasteiger partial charge in [-0.1, -0.05) is 13.3 Å². The van der Waals surface area contributed by atoms with Crippen LogP contribution in [0.3, 0.4) is 0 Å². The lowest BCUT2D eigenvalue weighted by atomic mass is 10.3. The number of rotatable bonds is 6. The highest BCUT2D eigenvalue weighted by atomic mass is 19.4. The quantitative estimate of drug-likeness (QED) is 0.622. The first-order valence-electron chi connectivity index (χ1n) is 6.65. The second-order valence-corrected chi connectivity index (χ2v) is 4.86. The zero-order valence-electron chi connectivity index (χ0n) is 11.2. The third-order valence-corrected chi connectivity index (χ3v) is 3.15. The van der Waals surface area contributed by atoms with E-state index >= 15 is 0 Å². The van der Waals surface area contributed by atoms with E-state index in [2.05, 4.69) is 15.4 Å². The van der Waals surface area contributed by atoms with Crippen molar-refractivity contribution < 1.29 is 13.2 Å². The van der Waals surface area contributed by atoms with Crippen LogP contribution in [0.4, 0.5) is 24.8 Å². The molecule has 1 aliphatic carbocycles. The summed E-state index contributed by atoms with van der Waals surface area (Å²) in [6.45, 7) is 2.73. The predicted molar refractivity (Wildman–Crippen MR) is 70.1 cm³/mol. The van der Waals surface area contributed by atoms with E-state index in [1.54, 1.807) is 0 Å². The number of hydrazine groups is 1. The lowest BCUT2D eigenvalue weighted by molar-refractivity contribution is -0.144. The minimum atomic E-state index is -4.58. The van der Waals surface area contributed by atoms with E-state index in [0.717, 1.165) is 25.7 Å². The summed E-state index contributed by atoms with van der Waals surface area (Å²) < 4.78 is 38.4. The molecule has 0 atom stereocenters. The van der Waals surface area contributed by atoms with Gasteiger partial charge in [0.15, 0.2) is 0 Å². The number of nitrogens with one attached hydrogen (secondary N) is 1. The number of nitrogen functional groups attached to an aromatic ring is 1. The Bertz CT molecular complexity index is 459. The predicted octanol–water partition coefficient (Wildman–Crippen LogP) is 2.55. The normalized spacial score (nSPS) is 15.2. The van der Waals surface area contributed by atoms with Crippen molar-refractivity contribution in [2.24, 2.45) is 5.84 Å². The standard InChI is InChI=1S/C12H18F3N5/c1-2-3-6-20(8-4-5-8)10-7-9(19-16)17-11(18-10)12(13,14)15/h7-8H,2-6,16H2,1H3,(H,17,18,19). The van der Waals surface area contributed by atoms with E-state index in [1.165, 1.54) is 6.07 Å². The largest absolute Gasteiger partial charge is 0.451 e.